The number of hydrogen-bond acceptors (Lipinski definition) is 5. The second-order valence-electron chi connectivity index (χ2n) is 6.15. The fourth-order valence-corrected chi connectivity index (χ4v) is 3.50. The number of aromatic nitrogens is 2. The second-order valence-corrected chi connectivity index (χ2v) is 7.83. The maximum atomic E-state index is 12.4. The van der Waals surface area contributed by atoms with Crippen LogP contribution in [-0.2, 0) is 10.0 Å². The Morgan fingerprint density at radius 3 is 2.19 bits per heavy atom. The minimum atomic E-state index is -3.69. The third-order valence-corrected chi connectivity index (χ3v) is 5.34. The number of rotatable bonds is 5. The molecular formula is C19H20N4O2S. The van der Waals surface area contributed by atoms with E-state index in [9.17, 15) is 8.42 Å². The molecule has 0 amide bonds. The molecule has 0 saturated heterocycles. The molecule has 26 heavy (non-hydrogen) atoms. The van der Waals surface area contributed by atoms with Crippen molar-refractivity contribution in [2.45, 2.75) is 25.7 Å². The van der Waals surface area contributed by atoms with E-state index in [1.54, 1.807) is 30.3 Å². The fourth-order valence-electron chi connectivity index (χ4n) is 2.40. The van der Waals surface area contributed by atoms with Crippen molar-refractivity contribution in [3.8, 4) is 0 Å². The van der Waals surface area contributed by atoms with Gasteiger partial charge in [-0.25, -0.2) is 8.42 Å². The molecule has 134 valence electrons. The van der Waals surface area contributed by atoms with Gasteiger partial charge in [0, 0.05) is 5.69 Å². The highest BCUT2D eigenvalue weighted by Crippen LogP contribution is 2.19. The Kier molecular flexibility index (Phi) is 4.90. The van der Waals surface area contributed by atoms with Gasteiger partial charge in [-0.2, -0.15) is 0 Å². The predicted octanol–water partition coefficient (Wildman–Crippen LogP) is 3.95. The van der Waals surface area contributed by atoms with Crippen LogP contribution in [0.5, 0.6) is 0 Å². The van der Waals surface area contributed by atoms with Crippen LogP contribution in [0.3, 0.4) is 0 Å². The molecule has 0 unspecified atom stereocenters. The summed E-state index contributed by atoms with van der Waals surface area (Å²) in [6.45, 7) is 5.93. The Hall–Kier alpha value is -2.93. The standard InChI is InChI=1S/C19H20N4O2S/c1-13-5-4-6-17(11-13)26(24,25)23-19-10-9-18(21-22-19)20-16-8-7-14(2)15(3)12-16/h4-12H,1-3H3,(H,20,21)(H,22,23). The van der Waals surface area contributed by atoms with Gasteiger partial charge < -0.3 is 5.32 Å². The van der Waals surface area contributed by atoms with Crippen molar-refractivity contribution >= 4 is 27.3 Å². The second kappa shape index (κ2) is 7.13. The summed E-state index contributed by atoms with van der Waals surface area (Å²) in [5.74, 6) is 0.698. The largest absolute Gasteiger partial charge is 0.339 e. The van der Waals surface area contributed by atoms with Gasteiger partial charge in [0.2, 0.25) is 0 Å². The highest BCUT2D eigenvalue weighted by Gasteiger charge is 2.15. The van der Waals surface area contributed by atoms with Gasteiger partial charge >= 0.3 is 0 Å². The van der Waals surface area contributed by atoms with Crippen LogP contribution in [-0.4, -0.2) is 18.6 Å². The van der Waals surface area contributed by atoms with Gasteiger partial charge in [0.25, 0.3) is 10.0 Å². The van der Waals surface area contributed by atoms with Gasteiger partial charge in [-0.05, 0) is 73.9 Å². The quantitative estimate of drug-likeness (QED) is 0.712. The Bertz CT molecular complexity index is 1030. The first-order valence-electron chi connectivity index (χ1n) is 8.11. The molecule has 2 N–H and O–H groups in total. The molecule has 0 aliphatic carbocycles. The number of aryl methyl sites for hydroxylation is 3. The van der Waals surface area contributed by atoms with Gasteiger partial charge in [0.1, 0.15) is 0 Å². The monoisotopic (exact) mass is 368 g/mol. The van der Waals surface area contributed by atoms with Crippen LogP contribution >= 0.6 is 0 Å². The van der Waals surface area contributed by atoms with Crippen LogP contribution in [0.1, 0.15) is 16.7 Å². The number of anilines is 3. The van der Waals surface area contributed by atoms with E-state index in [4.69, 9.17) is 0 Å². The maximum absolute atomic E-state index is 12.4. The van der Waals surface area contributed by atoms with Gasteiger partial charge in [-0.1, -0.05) is 18.2 Å². The van der Waals surface area contributed by atoms with Crippen molar-refractivity contribution in [1.82, 2.24) is 10.2 Å². The average Bonchev–Trinajstić information content (AvgIpc) is 2.60. The van der Waals surface area contributed by atoms with E-state index in [2.05, 4.69) is 20.2 Å². The number of benzene rings is 2. The predicted molar refractivity (Wildman–Crippen MR) is 103 cm³/mol. The molecule has 0 atom stereocenters. The molecule has 0 aliphatic heterocycles. The van der Waals surface area contributed by atoms with E-state index < -0.39 is 10.0 Å². The summed E-state index contributed by atoms with van der Waals surface area (Å²) in [5, 5.41) is 11.1. The molecule has 0 bridgehead atoms. The summed E-state index contributed by atoms with van der Waals surface area (Å²) < 4.78 is 27.2. The minimum absolute atomic E-state index is 0.164. The minimum Gasteiger partial charge on any atom is -0.339 e. The Balaban J connectivity index is 1.74. The lowest BCUT2D eigenvalue weighted by Gasteiger charge is -2.09. The molecule has 0 fully saturated rings. The van der Waals surface area contributed by atoms with Crippen molar-refractivity contribution in [2.75, 3.05) is 10.0 Å². The highest BCUT2D eigenvalue weighted by molar-refractivity contribution is 7.92. The third-order valence-electron chi connectivity index (χ3n) is 3.98. The van der Waals surface area contributed by atoms with Crippen LogP contribution < -0.4 is 10.0 Å². The zero-order valence-electron chi connectivity index (χ0n) is 14.8. The molecule has 1 heterocycles. The SMILES string of the molecule is Cc1cccc(S(=O)(=O)Nc2ccc(Nc3ccc(C)c(C)c3)nn2)c1. The molecular weight excluding hydrogens is 348 g/mol. The van der Waals surface area contributed by atoms with Crippen molar-refractivity contribution in [3.05, 3.63) is 71.3 Å². The average molecular weight is 368 g/mol. The van der Waals surface area contributed by atoms with E-state index >= 15 is 0 Å². The van der Waals surface area contributed by atoms with Crippen LogP contribution in [0.25, 0.3) is 0 Å². The molecule has 3 rings (SSSR count). The Morgan fingerprint density at radius 2 is 1.54 bits per heavy atom. The molecule has 1 aromatic heterocycles. The first-order chi connectivity index (χ1) is 12.3. The number of sulfonamides is 1. The van der Waals surface area contributed by atoms with Crippen LogP contribution in [0.2, 0.25) is 0 Å². The zero-order chi connectivity index (χ0) is 18.7. The molecule has 6 nitrogen and oxygen atoms in total. The topological polar surface area (TPSA) is 84.0 Å². The first-order valence-corrected chi connectivity index (χ1v) is 9.59. The van der Waals surface area contributed by atoms with Crippen LogP contribution in [0.15, 0.2) is 59.5 Å². The zero-order valence-corrected chi connectivity index (χ0v) is 15.6. The number of nitrogens with one attached hydrogen (secondary N) is 2. The van der Waals surface area contributed by atoms with Crippen molar-refractivity contribution in [1.29, 1.82) is 0 Å². The lowest BCUT2D eigenvalue weighted by Crippen LogP contribution is -2.14. The molecule has 0 radical (unpaired) electrons. The molecule has 0 aliphatic rings. The van der Waals surface area contributed by atoms with Crippen molar-refractivity contribution < 1.29 is 8.42 Å². The lowest BCUT2D eigenvalue weighted by atomic mass is 10.1. The normalized spacial score (nSPS) is 11.2. The molecule has 0 saturated carbocycles. The summed E-state index contributed by atoms with van der Waals surface area (Å²) in [4.78, 5) is 0.191. The number of hydrogen-bond donors (Lipinski definition) is 2. The fraction of sp³-hybridized carbons (Fsp3) is 0.158. The highest BCUT2D eigenvalue weighted by atomic mass is 32.2. The molecule has 3 aromatic rings. The summed E-state index contributed by atoms with van der Waals surface area (Å²) in [5.41, 5.74) is 4.15. The number of nitrogens with zero attached hydrogens (tertiary/aromatic N) is 2. The first kappa shape index (κ1) is 17.9. The Morgan fingerprint density at radius 1 is 0.808 bits per heavy atom. The van der Waals surface area contributed by atoms with E-state index in [1.807, 2.05) is 45.0 Å². The Labute approximate surface area is 153 Å². The van der Waals surface area contributed by atoms with Gasteiger partial charge in [0.05, 0.1) is 4.90 Å². The summed E-state index contributed by atoms with van der Waals surface area (Å²) in [6, 6.07) is 15.9. The van der Waals surface area contributed by atoms with E-state index in [-0.39, 0.29) is 10.7 Å². The smallest absolute Gasteiger partial charge is 0.263 e. The van der Waals surface area contributed by atoms with E-state index in [1.165, 1.54) is 11.1 Å². The summed E-state index contributed by atoms with van der Waals surface area (Å²) in [7, 11) is -3.69. The molecule has 2 aromatic carbocycles. The molecule has 0 spiro atoms. The van der Waals surface area contributed by atoms with Crippen molar-refractivity contribution in [3.63, 3.8) is 0 Å². The van der Waals surface area contributed by atoms with E-state index in [0.717, 1.165) is 11.3 Å². The third kappa shape index (κ3) is 4.18. The van der Waals surface area contributed by atoms with Crippen LogP contribution in [0, 0.1) is 20.8 Å². The maximum Gasteiger partial charge on any atom is 0.263 e. The van der Waals surface area contributed by atoms with Gasteiger partial charge in [0.15, 0.2) is 11.6 Å². The van der Waals surface area contributed by atoms with Crippen LogP contribution in [0.4, 0.5) is 17.3 Å². The molecule has 7 heteroatoms. The van der Waals surface area contributed by atoms with Gasteiger partial charge in [-0.3, -0.25) is 4.72 Å². The summed E-state index contributed by atoms with van der Waals surface area (Å²) >= 11 is 0. The van der Waals surface area contributed by atoms with E-state index in [0.29, 0.717) is 5.82 Å². The van der Waals surface area contributed by atoms with Gasteiger partial charge in [-0.15, -0.1) is 10.2 Å². The lowest BCUT2D eigenvalue weighted by molar-refractivity contribution is 0.601. The van der Waals surface area contributed by atoms with Crippen molar-refractivity contribution in [2.24, 2.45) is 0 Å². The summed E-state index contributed by atoms with van der Waals surface area (Å²) in [6.07, 6.45) is 0.